The third kappa shape index (κ3) is 3.62. The van der Waals surface area contributed by atoms with Crippen LogP contribution in [0.15, 0.2) is 28.0 Å². The zero-order chi connectivity index (χ0) is 20.4. The highest BCUT2D eigenvalue weighted by Crippen LogP contribution is 2.36. The van der Waals surface area contributed by atoms with Gasteiger partial charge >= 0.3 is 0 Å². The van der Waals surface area contributed by atoms with E-state index in [1.807, 2.05) is 0 Å². The molecule has 0 radical (unpaired) electrons. The van der Waals surface area contributed by atoms with Crippen LogP contribution in [0.25, 0.3) is 0 Å². The molecule has 9 heteroatoms. The molecule has 0 saturated carbocycles. The smallest absolute Gasteiger partial charge is 0.277 e. The first-order valence-corrected chi connectivity index (χ1v) is 10.4. The van der Waals surface area contributed by atoms with Crippen LogP contribution in [-0.4, -0.2) is 43.8 Å². The Labute approximate surface area is 158 Å². The van der Waals surface area contributed by atoms with Gasteiger partial charge in [0.05, 0.1) is 10.6 Å². The number of benzene rings is 1. The van der Waals surface area contributed by atoms with Gasteiger partial charge in [-0.05, 0) is 57.6 Å². The molecule has 0 saturated heterocycles. The zero-order valence-corrected chi connectivity index (χ0v) is 16.8. The monoisotopic (exact) mass is 394 g/mol. The minimum atomic E-state index is -3.35. The molecule has 1 aromatic carbocycles. The third-order valence-corrected chi connectivity index (χ3v) is 6.63. The number of nitrogens with zero attached hydrogens (tertiary/aromatic N) is 1. The molecule has 0 amide bonds. The van der Waals surface area contributed by atoms with E-state index in [0.29, 0.717) is 29.7 Å². The summed E-state index contributed by atoms with van der Waals surface area (Å²) >= 11 is 0. The molecule has 0 bridgehead atoms. The maximum Gasteiger partial charge on any atom is 0.277 e. The summed E-state index contributed by atoms with van der Waals surface area (Å²) in [6.45, 7) is 3.98. The first-order valence-electron chi connectivity index (χ1n) is 8.76. The number of carbonyl (C=O) groups is 1. The zero-order valence-electron chi connectivity index (χ0n) is 16.0. The number of rotatable bonds is 4. The molecule has 2 aromatic rings. The van der Waals surface area contributed by atoms with Gasteiger partial charge in [-0.1, -0.05) is 0 Å². The largest absolute Gasteiger partial charge is 0.333 e. The summed E-state index contributed by atoms with van der Waals surface area (Å²) in [6, 6.07) is 2.86. The Morgan fingerprint density at radius 1 is 1.33 bits per heavy atom. The Kier molecular flexibility index (Phi) is 6.40. The number of hydrogen-bond acceptors (Lipinski definition) is 6. The third-order valence-electron chi connectivity index (χ3n) is 4.83. The molecule has 27 heavy (non-hydrogen) atoms. The van der Waals surface area contributed by atoms with E-state index in [2.05, 4.69) is 16.1 Å². The van der Waals surface area contributed by atoms with Gasteiger partial charge in [0.15, 0.2) is 15.6 Å². The second-order valence-electron chi connectivity index (χ2n) is 6.16. The number of aryl methyl sites for hydroxylation is 1. The number of fused-ring (bicyclic) bond motifs is 1. The van der Waals surface area contributed by atoms with Crippen LogP contribution in [0, 0.1) is 6.92 Å². The van der Waals surface area contributed by atoms with Crippen LogP contribution in [0.3, 0.4) is 0 Å². The van der Waals surface area contributed by atoms with Crippen molar-refractivity contribution in [2.24, 2.45) is 5.73 Å². The van der Waals surface area contributed by atoms with Gasteiger partial charge in [0.2, 0.25) is 0 Å². The quantitative estimate of drug-likeness (QED) is 0.657. The van der Waals surface area contributed by atoms with Crippen LogP contribution >= 0.6 is 0 Å². The van der Waals surface area contributed by atoms with Crippen LogP contribution in [0.2, 0.25) is 0 Å². The molecule has 0 aliphatic carbocycles. The molecule has 148 valence electrons. The molecule has 0 fully saturated rings. The summed E-state index contributed by atoms with van der Waals surface area (Å²) in [4.78, 5) is 25.4. The predicted octanol–water partition coefficient (Wildman–Crippen LogP) is 0.749. The maximum atomic E-state index is 12.9. The van der Waals surface area contributed by atoms with Crippen LogP contribution in [0.5, 0.6) is 0 Å². The second kappa shape index (κ2) is 8.20. The van der Waals surface area contributed by atoms with Crippen molar-refractivity contribution in [3.63, 3.8) is 0 Å². The lowest BCUT2D eigenvalue weighted by atomic mass is 9.92. The lowest BCUT2D eigenvalue weighted by Crippen LogP contribution is -2.29. The van der Waals surface area contributed by atoms with E-state index in [4.69, 9.17) is 0 Å². The van der Waals surface area contributed by atoms with Crippen molar-refractivity contribution in [1.82, 2.24) is 15.1 Å². The molecular formula is C18H26N4O4S. The summed E-state index contributed by atoms with van der Waals surface area (Å²) in [6.07, 6.45) is 1.86. The lowest BCUT2D eigenvalue weighted by molar-refractivity contribution is 0.103. The number of aromatic nitrogens is 2. The molecule has 4 N–H and O–H groups in total. The number of nitrogens with two attached hydrogens (primary N) is 1. The van der Waals surface area contributed by atoms with Crippen LogP contribution in [0.1, 0.15) is 46.4 Å². The molecule has 2 heterocycles. The molecule has 3 rings (SSSR count). The van der Waals surface area contributed by atoms with Crippen molar-refractivity contribution in [2.75, 3.05) is 19.8 Å². The number of aromatic amines is 1. The Morgan fingerprint density at radius 2 is 2.00 bits per heavy atom. The molecular weight excluding hydrogens is 368 g/mol. The fourth-order valence-electron chi connectivity index (χ4n) is 3.42. The van der Waals surface area contributed by atoms with E-state index in [1.165, 1.54) is 30.1 Å². The van der Waals surface area contributed by atoms with E-state index in [9.17, 15) is 18.0 Å². The van der Waals surface area contributed by atoms with Gasteiger partial charge < -0.3 is 16.1 Å². The van der Waals surface area contributed by atoms with Crippen molar-refractivity contribution >= 4 is 15.6 Å². The van der Waals surface area contributed by atoms with Crippen molar-refractivity contribution in [1.29, 1.82) is 0 Å². The first kappa shape index (κ1) is 21.1. The van der Waals surface area contributed by atoms with Crippen LogP contribution in [0.4, 0.5) is 0 Å². The van der Waals surface area contributed by atoms with Crippen molar-refractivity contribution in [3.05, 3.63) is 50.9 Å². The van der Waals surface area contributed by atoms with Crippen LogP contribution in [-0.2, 0) is 16.4 Å². The molecule has 1 unspecified atom stereocenters. The highest BCUT2D eigenvalue weighted by molar-refractivity contribution is 7.91. The number of carbonyl (C=O) groups excluding carboxylic acids is 1. The molecule has 1 aliphatic rings. The van der Waals surface area contributed by atoms with Crippen molar-refractivity contribution < 1.29 is 13.2 Å². The standard InChI is InChI=1S/C17H21N3O4S.CH5N/c1-4-20-17(22)12(9-19-20)16(21)11-5-6-14-15(10(11)2)13(18-3)7-8-25(14,23)24;1-2/h5-6,9,13,18-19H,4,7-8H2,1-3H3;2H2,1H3. The lowest BCUT2D eigenvalue weighted by Gasteiger charge is -2.27. The molecule has 1 aromatic heterocycles. The van der Waals surface area contributed by atoms with Gasteiger partial charge in [0.1, 0.15) is 5.56 Å². The Hall–Kier alpha value is -2.23. The number of hydrogen-bond donors (Lipinski definition) is 3. The van der Waals surface area contributed by atoms with Gasteiger partial charge in [0.25, 0.3) is 5.56 Å². The summed E-state index contributed by atoms with van der Waals surface area (Å²) in [7, 11) is -0.0758. The SMILES string of the molecule is CCn1[nH]cc(C(=O)c2ccc3c(c2C)C(NC)CCS3(=O)=O)c1=O.CN. The van der Waals surface area contributed by atoms with Gasteiger partial charge in [0, 0.05) is 24.3 Å². The Morgan fingerprint density at radius 3 is 2.56 bits per heavy atom. The van der Waals surface area contributed by atoms with E-state index in [-0.39, 0.29) is 27.8 Å². The summed E-state index contributed by atoms with van der Waals surface area (Å²) in [5.74, 6) is -0.316. The molecule has 1 atom stereocenters. The number of sulfone groups is 1. The Balaban J connectivity index is 0.00000126. The minimum absolute atomic E-state index is 0.0598. The summed E-state index contributed by atoms with van der Waals surface area (Å²) in [5.41, 5.74) is 5.78. The second-order valence-corrected chi connectivity index (χ2v) is 8.24. The van der Waals surface area contributed by atoms with Crippen molar-refractivity contribution in [2.45, 2.75) is 37.8 Å². The van der Waals surface area contributed by atoms with E-state index >= 15 is 0 Å². The van der Waals surface area contributed by atoms with Gasteiger partial charge in [-0.15, -0.1) is 0 Å². The van der Waals surface area contributed by atoms with Gasteiger partial charge in [-0.25, -0.2) is 8.42 Å². The molecule has 1 aliphatic heterocycles. The number of H-pyrrole nitrogens is 1. The average Bonchev–Trinajstić information content (AvgIpc) is 3.04. The highest BCUT2D eigenvalue weighted by atomic mass is 32.2. The number of nitrogens with one attached hydrogen (secondary N) is 2. The normalized spacial score (nSPS) is 17.6. The van der Waals surface area contributed by atoms with Crippen LogP contribution < -0.4 is 16.6 Å². The highest BCUT2D eigenvalue weighted by Gasteiger charge is 2.33. The van der Waals surface area contributed by atoms with Crippen molar-refractivity contribution in [3.8, 4) is 0 Å². The molecule has 0 spiro atoms. The Bertz CT molecular complexity index is 1000. The average molecular weight is 394 g/mol. The predicted molar refractivity (Wildman–Crippen MR) is 104 cm³/mol. The van der Waals surface area contributed by atoms with Gasteiger partial charge in [-0.3, -0.25) is 14.3 Å². The topological polar surface area (TPSA) is 127 Å². The molecule has 8 nitrogen and oxygen atoms in total. The fraction of sp³-hybridized carbons (Fsp3) is 0.444. The fourth-order valence-corrected chi connectivity index (χ4v) is 5.09. The first-order chi connectivity index (χ1) is 12.8. The maximum absolute atomic E-state index is 12.9. The number of ketones is 1. The van der Waals surface area contributed by atoms with E-state index in [1.54, 1.807) is 20.9 Å². The summed E-state index contributed by atoms with van der Waals surface area (Å²) in [5, 5.41) is 5.89. The van der Waals surface area contributed by atoms with E-state index in [0.717, 1.165) is 0 Å². The van der Waals surface area contributed by atoms with Gasteiger partial charge in [-0.2, -0.15) is 0 Å². The minimum Gasteiger partial charge on any atom is -0.333 e. The summed E-state index contributed by atoms with van der Waals surface area (Å²) < 4.78 is 26.1. The van der Waals surface area contributed by atoms with E-state index < -0.39 is 15.6 Å².